The average Bonchev–Trinajstić information content (AvgIpc) is 2.95. The highest BCUT2D eigenvalue weighted by atomic mass is 19.4. The first-order valence-electron chi connectivity index (χ1n) is 13.1. The first kappa shape index (κ1) is 42.9. The van der Waals surface area contributed by atoms with Crippen molar-refractivity contribution in [2.24, 2.45) is 11.8 Å². The summed E-state index contributed by atoms with van der Waals surface area (Å²) in [6.45, 7) is -0.992. The van der Waals surface area contributed by atoms with Gasteiger partial charge in [-0.2, -0.15) is 79.0 Å². The van der Waals surface area contributed by atoms with Gasteiger partial charge in [0.2, 0.25) is 0 Å². The second kappa shape index (κ2) is 12.8. The third-order valence-corrected chi connectivity index (χ3v) is 7.33. The molecule has 0 saturated carbocycles. The Hall–Kier alpha value is -3.22. The maximum Gasteiger partial charge on any atom is 0.460 e. The topological polar surface area (TPSA) is 102 Å². The summed E-state index contributed by atoms with van der Waals surface area (Å²) in [6, 6.07) is 2.76. The van der Waals surface area contributed by atoms with E-state index in [-0.39, 0.29) is 0 Å². The van der Waals surface area contributed by atoms with E-state index in [4.69, 9.17) is 0 Å². The highest BCUT2D eigenvalue weighted by molar-refractivity contribution is 5.81. The zero-order chi connectivity index (χ0) is 39.5. The lowest BCUT2D eigenvalue weighted by Crippen LogP contribution is -2.82. The summed E-state index contributed by atoms with van der Waals surface area (Å²) in [5.41, 5.74) is -1.38. The molecule has 5 atom stereocenters. The lowest BCUT2D eigenvalue weighted by atomic mass is 9.63. The van der Waals surface area contributed by atoms with Crippen LogP contribution < -0.4 is 0 Å². The average molecular weight is 774 g/mol. The van der Waals surface area contributed by atoms with E-state index in [0.717, 1.165) is 6.07 Å². The van der Waals surface area contributed by atoms with Crippen molar-refractivity contribution < 1.29 is 113 Å². The number of hydrogen-bond acceptors (Lipinski definition) is 7. The number of benzene rings is 1. The van der Waals surface area contributed by atoms with Crippen LogP contribution in [0.1, 0.15) is 25.3 Å². The van der Waals surface area contributed by atoms with Crippen molar-refractivity contribution in [1.29, 1.82) is 0 Å². The third kappa shape index (κ3) is 5.88. The van der Waals surface area contributed by atoms with Gasteiger partial charge in [-0.25, -0.2) is 0 Å². The number of rotatable bonds is 11. The number of hydrogen-bond donors (Lipinski definition) is 2. The van der Waals surface area contributed by atoms with Crippen LogP contribution in [0.15, 0.2) is 30.3 Å². The van der Waals surface area contributed by atoms with Crippen LogP contribution >= 0.6 is 0 Å². The molecule has 1 aromatic rings. The third-order valence-electron chi connectivity index (χ3n) is 7.33. The fourth-order valence-corrected chi connectivity index (χ4v) is 4.90. The van der Waals surface area contributed by atoms with E-state index >= 15 is 17.6 Å². The summed E-state index contributed by atoms with van der Waals surface area (Å²) >= 11 is 0. The molecule has 1 unspecified atom stereocenters. The molecule has 288 valence electrons. The molecule has 50 heavy (non-hydrogen) atoms. The molecule has 0 aliphatic carbocycles. The molecule has 1 fully saturated rings. The van der Waals surface area contributed by atoms with Crippen LogP contribution in [0.25, 0.3) is 0 Å². The van der Waals surface area contributed by atoms with Crippen molar-refractivity contribution in [2.45, 2.75) is 79.2 Å². The minimum absolute atomic E-state index is 0.316. The van der Waals surface area contributed by atoms with E-state index in [0.29, 0.717) is 38.1 Å². The van der Waals surface area contributed by atoms with Crippen LogP contribution in [0.5, 0.6) is 0 Å². The molecule has 2 rings (SSSR count). The SMILES string of the molecule is CCOC(=O)[C@H]1C(c2ccccc2)[C@H](C(=O)OCC)[C@](O)(C(F)(F)C(F)(F)C(F)(F)C(F)(F)F)O[C@]1(O)C(F)(F)C(F)(F)C(F)(F)C(F)(F)F. The van der Waals surface area contributed by atoms with Gasteiger partial charge in [0.05, 0.1) is 13.2 Å². The van der Waals surface area contributed by atoms with Crippen LogP contribution in [0.3, 0.4) is 0 Å². The predicted octanol–water partition coefficient (Wildman–Crippen LogP) is 6.47. The molecule has 1 saturated heterocycles. The first-order chi connectivity index (χ1) is 22.2. The minimum atomic E-state index is -8.30. The maximum absolute atomic E-state index is 15.7. The molecule has 0 spiro atoms. The van der Waals surface area contributed by atoms with Gasteiger partial charge in [-0.05, 0) is 19.4 Å². The highest BCUT2D eigenvalue weighted by Crippen LogP contribution is 2.67. The Kier molecular flexibility index (Phi) is 11.0. The van der Waals surface area contributed by atoms with Crippen molar-refractivity contribution >= 4 is 11.9 Å². The van der Waals surface area contributed by atoms with Gasteiger partial charge in [0.1, 0.15) is 11.8 Å². The molecule has 1 heterocycles. The van der Waals surface area contributed by atoms with E-state index in [1.54, 1.807) is 0 Å². The maximum atomic E-state index is 15.7. The molecule has 25 heteroatoms. The summed E-state index contributed by atoms with van der Waals surface area (Å²) < 4.78 is 267. The van der Waals surface area contributed by atoms with Crippen molar-refractivity contribution in [3.63, 3.8) is 0 Å². The Morgan fingerprint density at radius 2 is 0.900 bits per heavy atom. The number of esters is 2. The lowest BCUT2D eigenvalue weighted by Gasteiger charge is -2.57. The summed E-state index contributed by atoms with van der Waals surface area (Å²) in [5.74, 6) is -80.5. The van der Waals surface area contributed by atoms with Gasteiger partial charge in [0.15, 0.2) is 0 Å². The monoisotopic (exact) mass is 774 g/mol. The Balaban J connectivity index is 3.35. The van der Waals surface area contributed by atoms with Crippen molar-refractivity contribution in [1.82, 2.24) is 0 Å². The van der Waals surface area contributed by atoms with Gasteiger partial charge in [-0.3, -0.25) is 9.59 Å². The number of carbonyl (C=O) groups is 2. The van der Waals surface area contributed by atoms with Crippen molar-refractivity contribution in [3.8, 4) is 0 Å². The number of alkyl halides is 18. The Labute approximate surface area is 266 Å². The molecule has 1 aromatic carbocycles. The zero-order valence-corrected chi connectivity index (χ0v) is 24.3. The van der Waals surface area contributed by atoms with E-state index < -0.39 is 108 Å². The highest BCUT2D eigenvalue weighted by Gasteiger charge is 2.94. The normalized spacial score (nSPS) is 26.4. The van der Waals surface area contributed by atoms with Crippen molar-refractivity contribution in [2.75, 3.05) is 13.2 Å². The van der Waals surface area contributed by atoms with Gasteiger partial charge >= 0.3 is 59.8 Å². The molecule has 0 radical (unpaired) electrons. The van der Waals surface area contributed by atoms with Crippen LogP contribution in [-0.2, 0) is 23.8 Å². The lowest BCUT2D eigenvalue weighted by molar-refractivity contribution is -0.529. The van der Waals surface area contributed by atoms with Gasteiger partial charge in [-0.1, -0.05) is 30.3 Å². The first-order valence-corrected chi connectivity index (χ1v) is 13.1. The van der Waals surface area contributed by atoms with E-state index in [1.807, 2.05) is 0 Å². The summed E-state index contributed by atoms with van der Waals surface area (Å²) in [5, 5.41) is 21.7. The largest absolute Gasteiger partial charge is 0.466 e. The smallest absolute Gasteiger partial charge is 0.460 e. The summed E-state index contributed by atoms with van der Waals surface area (Å²) in [7, 11) is 0. The van der Waals surface area contributed by atoms with E-state index in [9.17, 15) is 81.3 Å². The second-order valence-corrected chi connectivity index (χ2v) is 10.3. The molecule has 1 aliphatic heterocycles. The second-order valence-electron chi connectivity index (χ2n) is 10.3. The zero-order valence-electron chi connectivity index (χ0n) is 24.3. The number of halogens is 18. The number of carbonyl (C=O) groups excluding carboxylic acids is 2. The van der Waals surface area contributed by atoms with E-state index in [2.05, 4.69) is 14.2 Å². The Morgan fingerprint density at radius 3 is 1.16 bits per heavy atom. The van der Waals surface area contributed by atoms with E-state index in [1.165, 1.54) is 0 Å². The van der Waals surface area contributed by atoms with Gasteiger partial charge in [0, 0.05) is 5.92 Å². The minimum Gasteiger partial charge on any atom is -0.466 e. The summed E-state index contributed by atoms with van der Waals surface area (Å²) in [4.78, 5) is 26.0. The molecule has 2 N–H and O–H groups in total. The molecular weight excluding hydrogens is 754 g/mol. The molecule has 1 aliphatic rings. The molecule has 0 aromatic heterocycles. The fourth-order valence-electron chi connectivity index (χ4n) is 4.90. The molecule has 0 amide bonds. The number of ether oxygens (including phenoxy) is 3. The fraction of sp³-hybridized carbons (Fsp3) is 0.680. The van der Waals surface area contributed by atoms with Gasteiger partial charge in [-0.15, -0.1) is 0 Å². The van der Waals surface area contributed by atoms with Crippen LogP contribution in [0.2, 0.25) is 0 Å². The Bertz CT molecular complexity index is 1310. The van der Waals surface area contributed by atoms with Crippen molar-refractivity contribution in [3.05, 3.63) is 35.9 Å². The Morgan fingerprint density at radius 1 is 0.600 bits per heavy atom. The molecular formula is C25H20F18O7. The van der Waals surface area contributed by atoms with Crippen LogP contribution in [-0.4, -0.2) is 94.8 Å². The van der Waals surface area contributed by atoms with Gasteiger partial charge in [0.25, 0.3) is 11.6 Å². The molecule has 7 nitrogen and oxygen atoms in total. The van der Waals surface area contributed by atoms with Gasteiger partial charge < -0.3 is 24.4 Å². The van der Waals surface area contributed by atoms with Crippen LogP contribution in [0.4, 0.5) is 79.0 Å². The quantitative estimate of drug-likeness (QED) is 0.196. The molecule has 0 bridgehead atoms. The van der Waals surface area contributed by atoms with Crippen LogP contribution in [0, 0.1) is 11.8 Å². The predicted molar refractivity (Wildman–Crippen MR) is 122 cm³/mol. The standard InChI is InChI=1S/C25H20F18O7/c1-3-48-14(44)12-11(10-8-6-5-7-9-10)13(15(45)49-4-2)17(47,19(28,29)21(32,33)23(36,37)25(41,42)43)50-16(12,46)18(26,27)20(30,31)22(34,35)24(38,39)40/h5-9,11-13,46-47H,3-4H2,1-2H3/t11?,12-,13-,16-,17+/m1/s1. The summed E-state index contributed by atoms with van der Waals surface area (Å²) in [6.07, 6.45) is -15.6. The number of aliphatic hydroxyl groups is 2.